The maximum absolute atomic E-state index is 13.7. The molecule has 5 heteroatoms. The summed E-state index contributed by atoms with van der Waals surface area (Å²) in [5, 5.41) is 11.4. The number of benzene rings is 1. The van der Waals surface area contributed by atoms with E-state index in [0.29, 0.717) is 17.7 Å². The van der Waals surface area contributed by atoms with Gasteiger partial charge in [-0.2, -0.15) is 0 Å². The van der Waals surface area contributed by atoms with E-state index < -0.39 is 5.97 Å². The zero-order valence-electron chi connectivity index (χ0n) is 11.4. The van der Waals surface area contributed by atoms with E-state index in [-0.39, 0.29) is 17.7 Å². The van der Waals surface area contributed by atoms with Crippen molar-refractivity contribution in [2.45, 2.75) is 32.1 Å². The molecule has 0 aliphatic rings. The van der Waals surface area contributed by atoms with Crippen molar-refractivity contribution >= 4 is 17.3 Å². The van der Waals surface area contributed by atoms with E-state index in [1.165, 1.54) is 17.4 Å². The molecule has 2 aromatic rings. The van der Waals surface area contributed by atoms with Crippen LogP contribution in [0.5, 0.6) is 0 Å². The molecule has 0 unspecified atom stereocenters. The van der Waals surface area contributed by atoms with Crippen LogP contribution in [-0.4, -0.2) is 16.1 Å². The Labute approximate surface area is 121 Å². The third-order valence-corrected chi connectivity index (χ3v) is 4.31. The van der Waals surface area contributed by atoms with E-state index in [9.17, 15) is 9.18 Å². The first-order chi connectivity index (χ1) is 9.38. The first-order valence-electron chi connectivity index (χ1n) is 6.28. The second kappa shape index (κ2) is 5.71. The van der Waals surface area contributed by atoms with Crippen molar-refractivity contribution < 1.29 is 14.3 Å². The highest BCUT2D eigenvalue weighted by Crippen LogP contribution is 2.31. The van der Waals surface area contributed by atoms with Gasteiger partial charge in [0, 0.05) is 10.8 Å². The number of hydrogen-bond donors (Lipinski definition) is 1. The van der Waals surface area contributed by atoms with E-state index >= 15 is 0 Å². The van der Waals surface area contributed by atoms with Gasteiger partial charge in [-0.1, -0.05) is 32.0 Å². The molecule has 3 nitrogen and oxygen atoms in total. The summed E-state index contributed by atoms with van der Waals surface area (Å²) in [6, 6.07) is 6.69. The van der Waals surface area contributed by atoms with Crippen molar-refractivity contribution in [3.8, 4) is 0 Å². The Bertz CT molecular complexity index is 622. The summed E-state index contributed by atoms with van der Waals surface area (Å²) >= 11 is 1.43. The summed E-state index contributed by atoms with van der Waals surface area (Å²) in [5.74, 6) is -1.11. The smallest absolute Gasteiger partial charge is 0.309 e. The molecule has 2 rings (SSSR count). The van der Waals surface area contributed by atoms with E-state index in [2.05, 4.69) is 4.98 Å². The first-order valence-corrected chi connectivity index (χ1v) is 7.16. The Balaban J connectivity index is 2.19. The Kier molecular flexibility index (Phi) is 4.18. The molecule has 1 aromatic heterocycles. The number of aromatic nitrogens is 1. The third-order valence-electron chi connectivity index (χ3n) is 3.05. The van der Waals surface area contributed by atoms with Gasteiger partial charge in [-0.25, -0.2) is 9.37 Å². The number of carboxylic acid groups (broad SMARTS) is 1. The van der Waals surface area contributed by atoms with Gasteiger partial charge in [0.2, 0.25) is 0 Å². The molecule has 0 saturated heterocycles. The molecule has 1 N–H and O–H groups in total. The quantitative estimate of drug-likeness (QED) is 0.919. The van der Waals surface area contributed by atoms with Crippen LogP contribution in [0.15, 0.2) is 29.6 Å². The lowest BCUT2D eigenvalue weighted by molar-refractivity contribution is -0.136. The minimum absolute atomic E-state index is 0.0771. The molecule has 0 saturated carbocycles. The monoisotopic (exact) mass is 293 g/mol. The molecule has 1 aromatic carbocycles. The van der Waals surface area contributed by atoms with Crippen molar-refractivity contribution in [1.82, 2.24) is 4.98 Å². The van der Waals surface area contributed by atoms with E-state index in [1.54, 1.807) is 17.5 Å². The first kappa shape index (κ1) is 14.7. The van der Waals surface area contributed by atoms with E-state index in [4.69, 9.17) is 5.11 Å². The Morgan fingerprint density at radius 3 is 2.75 bits per heavy atom. The molecule has 0 atom stereocenters. The molecule has 0 spiro atoms. The van der Waals surface area contributed by atoms with Crippen molar-refractivity contribution in [1.29, 1.82) is 0 Å². The van der Waals surface area contributed by atoms with Crippen LogP contribution < -0.4 is 0 Å². The average molecular weight is 293 g/mol. The highest BCUT2D eigenvalue weighted by atomic mass is 32.1. The van der Waals surface area contributed by atoms with Gasteiger partial charge in [-0.3, -0.25) is 4.79 Å². The number of halogens is 1. The van der Waals surface area contributed by atoms with Crippen molar-refractivity contribution in [2.75, 3.05) is 0 Å². The second-order valence-electron chi connectivity index (χ2n) is 5.37. The summed E-state index contributed by atoms with van der Waals surface area (Å²) in [5.41, 5.74) is 0.871. The van der Waals surface area contributed by atoms with Crippen molar-refractivity contribution in [2.24, 2.45) is 0 Å². The summed E-state index contributed by atoms with van der Waals surface area (Å²) in [4.78, 5) is 15.0. The van der Waals surface area contributed by atoms with Gasteiger partial charge in [-0.05, 0) is 18.1 Å². The molecule has 0 radical (unpaired) electrons. The van der Waals surface area contributed by atoms with E-state index in [0.717, 1.165) is 5.01 Å². The summed E-state index contributed by atoms with van der Waals surface area (Å²) in [7, 11) is 0. The number of carbonyl (C=O) groups is 1. The van der Waals surface area contributed by atoms with Gasteiger partial charge in [0.15, 0.2) is 0 Å². The number of rotatable bonds is 5. The van der Waals surface area contributed by atoms with Crippen molar-refractivity contribution in [3.05, 3.63) is 51.7 Å². The van der Waals surface area contributed by atoms with Crippen LogP contribution in [0, 0.1) is 5.82 Å². The minimum Gasteiger partial charge on any atom is -0.481 e. The maximum Gasteiger partial charge on any atom is 0.309 e. The van der Waals surface area contributed by atoms with Crippen molar-refractivity contribution in [3.63, 3.8) is 0 Å². The predicted octanol–water partition coefficient (Wildman–Crippen LogP) is 3.43. The van der Waals surface area contributed by atoms with Crippen LogP contribution in [-0.2, 0) is 23.1 Å². The minimum atomic E-state index is -0.895. The number of carboxylic acids is 1. The second-order valence-corrected chi connectivity index (χ2v) is 6.22. The van der Waals surface area contributed by atoms with Gasteiger partial charge in [0.25, 0.3) is 0 Å². The summed E-state index contributed by atoms with van der Waals surface area (Å²) in [6.07, 6.45) is 0.450. The fraction of sp³-hybridized carbons (Fsp3) is 0.333. The number of hydrogen-bond acceptors (Lipinski definition) is 3. The molecule has 0 bridgehead atoms. The third kappa shape index (κ3) is 3.42. The lowest BCUT2D eigenvalue weighted by Gasteiger charge is -2.22. The van der Waals surface area contributed by atoms with Crippen LogP contribution in [0.3, 0.4) is 0 Å². The molecule has 1 heterocycles. The Morgan fingerprint density at radius 1 is 1.40 bits per heavy atom. The van der Waals surface area contributed by atoms with Crippen LogP contribution in [0.2, 0.25) is 0 Å². The SMILES string of the molecule is CC(C)(Cc1ccccc1F)c1nc(CC(=O)O)cs1. The number of thiazole rings is 1. The van der Waals surface area contributed by atoms with Crippen LogP contribution in [0.4, 0.5) is 4.39 Å². The number of nitrogens with zero attached hydrogens (tertiary/aromatic N) is 1. The molecular weight excluding hydrogens is 277 g/mol. The lowest BCUT2D eigenvalue weighted by atomic mass is 9.86. The number of aliphatic carboxylic acids is 1. The Hall–Kier alpha value is -1.75. The molecule has 0 fully saturated rings. The molecular formula is C15H16FNO2S. The predicted molar refractivity (Wildman–Crippen MR) is 76.6 cm³/mol. The van der Waals surface area contributed by atoms with E-state index in [1.807, 2.05) is 19.9 Å². The zero-order valence-corrected chi connectivity index (χ0v) is 12.2. The van der Waals surface area contributed by atoms with Crippen LogP contribution in [0.1, 0.15) is 30.1 Å². The van der Waals surface area contributed by atoms with Gasteiger partial charge in [0.1, 0.15) is 5.82 Å². The maximum atomic E-state index is 13.7. The largest absolute Gasteiger partial charge is 0.481 e. The van der Waals surface area contributed by atoms with Gasteiger partial charge in [0.05, 0.1) is 17.1 Å². The zero-order chi connectivity index (χ0) is 14.8. The highest BCUT2D eigenvalue weighted by Gasteiger charge is 2.26. The summed E-state index contributed by atoms with van der Waals surface area (Å²) in [6.45, 7) is 3.98. The lowest BCUT2D eigenvalue weighted by Crippen LogP contribution is -2.21. The van der Waals surface area contributed by atoms with Crippen LogP contribution in [0.25, 0.3) is 0 Å². The molecule has 106 valence electrons. The molecule has 0 aliphatic carbocycles. The highest BCUT2D eigenvalue weighted by molar-refractivity contribution is 7.09. The molecule has 20 heavy (non-hydrogen) atoms. The average Bonchev–Trinajstić information content (AvgIpc) is 2.80. The van der Waals surface area contributed by atoms with Crippen LogP contribution >= 0.6 is 11.3 Å². The standard InChI is InChI=1S/C15H16FNO2S/c1-15(2,8-10-5-3-4-6-12(10)16)14-17-11(9-20-14)7-13(18)19/h3-6,9H,7-8H2,1-2H3,(H,18,19). The molecule has 0 amide bonds. The Morgan fingerprint density at radius 2 is 2.10 bits per heavy atom. The normalized spacial score (nSPS) is 11.6. The van der Waals surface area contributed by atoms with Gasteiger partial charge in [-0.15, -0.1) is 11.3 Å². The van der Waals surface area contributed by atoms with Gasteiger partial charge >= 0.3 is 5.97 Å². The fourth-order valence-corrected chi connectivity index (χ4v) is 2.99. The summed E-state index contributed by atoms with van der Waals surface area (Å²) < 4.78 is 13.7. The van der Waals surface area contributed by atoms with Gasteiger partial charge < -0.3 is 5.11 Å². The molecule has 0 aliphatic heterocycles. The fourth-order valence-electron chi connectivity index (χ4n) is 2.05. The topological polar surface area (TPSA) is 50.2 Å².